The summed E-state index contributed by atoms with van der Waals surface area (Å²) in [5.74, 6) is -0.263. The van der Waals surface area contributed by atoms with Crippen molar-refractivity contribution in [3.8, 4) is 0 Å². The second-order valence-corrected chi connectivity index (χ2v) is 4.37. The minimum Gasteiger partial charge on any atom is -0.399 e. The summed E-state index contributed by atoms with van der Waals surface area (Å²) in [4.78, 5) is 2.01. The van der Waals surface area contributed by atoms with Crippen LogP contribution in [-0.4, -0.2) is 25.3 Å². The Balaban J connectivity index is 2.23. The fourth-order valence-electron chi connectivity index (χ4n) is 2.15. The molecular weight excluding hydrogens is 207 g/mol. The third-order valence-corrected chi connectivity index (χ3v) is 2.73. The Kier molecular flexibility index (Phi) is 3.01. The zero-order valence-corrected chi connectivity index (χ0v) is 9.61. The van der Waals surface area contributed by atoms with Crippen LogP contribution in [0.4, 0.5) is 15.8 Å². The second-order valence-electron chi connectivity index (χ2n) is 4.37. The van der Waals surface area contributed by atoms with Crippen molar-refractivity contribution in [2.24, 2.45) is 0 Å². The summed E-state index contributed by atoms with van der Waals surface area (Å²) in [6, 6.07) is 4.82. The number of nitrogen functional groups attached to an aromatic ring is 1. The molecule has 1 heterocycles. The average molecular weight is 224 g/mol. The smallest absolute Gasteiger partial charge is 0.148 e. The Morgan fingerprint density at radius 3 is 2.50 bits per heavy atom. The molecule has 3 nitrogen and oxygen atoms in total. The van der Waals surface area contributed by atoms with Crippen LogP contribution in [0, 0.1) is 5.82 Å². The van der Waals surface area contributed by atoms with Gasteiger partial charge >= 0.3 is 0 Å². The highest BCUT2D eigenvalue weighted by atomic mass is 19.1. The SMILES string of the molecule is C[C@@H]1CN(c2ccc(N)cc2F)C[C@@H](C)O1. The summed E-state index contributed by atoms with van der Waals surface area (Å²) in [5.41, 5.74) is 6.59. The Bertz CT molecular complexity index is 373. The highest BCUT2D eigenvalue weighted by Gasteiger charge is 2.23. The van der Waals surface area contributed by atoms with Crippen LogP contribution in [0.1, 0.15) is 13.8 Å². The van der Waals surface area contributed by atoms with E-state index in [2.05, 4.69) is 0 Å². The molecule has 1 aromatic carbocycles. The molecule has 88 valence electrons. The van der Waals surface area contributed by atoms with Crippen LogP contribution in [0.25, 0.3) is 0 Å². The van der Waals surface area contributed by atoms with Gasteiger partial charge in [0.25, 0.3) is 0 Å². The maximum absolute atomic E-state index is 13.7. The fraction of sp³-hybridized carbons (Fsp3) is 0.500. The van der Waals surface area contributed by atoms with Crippen LogP contribution in [0.3, 0.4) is 0 Å². The van der Waals surface area contributed by atoms with Gasteiger partial charge in [-0.15, -0.1) is 0 Å². The van der Waals surface area contributed by atoms with Crippen molar-refractivity contribution >= 4 is 11.4 Å². The third-order valence-electron chi connectivity index (χ3n) is 2.73. The molecule has 0 aromatic heterocycles. The first-order valence-electron chi connectivity index (χ1n) is 5.51. The highest BCUT2D eigenvalue weighted by molar-refractivity contribution is 5.54. The Hall–Kier alpha value is -1.29. The van der Waals surface area contributed by atoms with Gasteiger partial charge in [-0.3, -0.25) is 0 Å². The van der Waals surface area contributed by atoms with E-state index in [1.165, 1.54) is 6.07 Å². The molecule has 1 aliphatic heterocycles. The van der Waals surface area contributed by atoms with E-state index >= 15 is 0 Å². The minimum atomic E-state index is -0.263. The van der Waals surface area contributed by atoms with Gasteiger partial charge < -0.3 is 15.4 Å². The van der Waals surface area contributed by atoms with Gasteiger partial charge in [-0.05, 0) is 32.0 Å². The molecule has 16 heavy (non-hydrogen) atoms. The number of hydrogen-bond acceptors (Lipinski definition) is 3. The van der Waals surface area contributed by atoms with E-state index in [4.69, 9.17) is 10.5 Å². The Labute approximate surface area is 95.0 Å². The zero-order chi connectivity index (χ0) is 11.7. The number of ether oxygens (including phenoxy) is 1. The van der Waals surface area contributed by atoms with Gasteiger partial charge in [0.05, 0.1) is 17.9 Å². The summed E-state index contributed by atoms with van der Waals surface area (Å²) in [5, 5.41) is 0. The topological polar surface area (TPSA) is 38.5 Å². The number of anilines is 2. The predicted octanol–water partition coefficient (Wildman–Crippen LogP) is 2.02. The maximum Gasteiger partial charge on any atom is 0.148 e. The average Bonchev–Trinajstić information content (AvgIpc) is 2.15. The summed E-state index contributed by atoms with van der Waals surface area (Å²) >= 11 is 0. The lowest BCUT2D eigenvalue weighted by molar-refractivity contribution is -0.00539. The molecule has 1 aromatic rings. The number of nitrogens with two attached hydrogens (primary N) is 1. The standard InChI is InChI=1S/C12H17FN2O/c1-8-6-15(7-9(2)16-8)12-4-3-10(14)5-11(12)13/h3-5,8-9H,6-7,14H2,1-2H3/t8-,9-/m1/s1. The number of benzene rings is 1. The molecule has 0 aliphatic carbocycles. The molecule has 0 amide bonds. The molecule has 1 saturated heterocycles. The lowest BCUT2D eigenvalue weighted by Crippen LogP contribution is -2.45. The number of rotatable bonds is 1. The number of morpholine rings is 1. The molecule has 0 unspecified atom stereocenters. The van der Waals surface area contributed by atoms with Gasteiger partial charge in [-0.2, -0.15) is 0 Å². The van der Waals surface area contributed by atoms with Crippen LogP contribution in [-0.2, 0) is 4.74 Å². The summed E-state index contributed by atoms with van der Waals surface area (Å²) in [6.07, 6.45) is 0.251. The summed E-state index contributed by atoms with van der Waals surface area (Å²) < 4.78 is 19.3. The van der Waals surface area contributed by atoms with Crippen molar-refractivity contribution in [3.05, 3.63) is 24.0 Å². The van der Waals surface area contributed by atoms with E-state index < -0.39 is 0 Å². The van der Waals surface area contributed by atoms with E-state index in [9.17, 15) is 4.39 Å². The Morgan fingerprint density at radius 2 is 1.94 bits per heavy atom. The molecule has 2 N–H and O–H groups in total. The quantitative estimate of drug-likeness (QED) is 0.742. The molecule has 0 bridgehead atoms. The number of nitrogens with zero attached hydrogens (tertiary/aromatic N) is 1. The van der Waals surface area contributed by atoms with Crippen LogP contribution in [0.15, 0.2) is 18.2 Å². The molecule has 0 spiro atoms. The maximum atomic E-state index is 13.7. The minimum absolute atomic E-state index is 0.126. The molecule has 1 fully saturated rings. The van der Waals surface area contributed by atoms with E-state index in [1.807, 2.05) is 18.7 Å². The molecular formula is C12H17FN2O. The predicted molar refractivity (Wildman–Crippen MR) is 63.0 cm³/mol. The van der Waals surface area contributed by atoms with Crippen molar-refractivity contribution in [1.29, 1.82) is 0 Å². The first-order chi connectivity index (χ1) is 7.56. The lowest BCUT2D eigenvalue weighted by Gasteiger charge is -2.37. The second kappa shape index (κ2) is 4.29. The van der Waals surface area contributed by atoms with Crippen molar-refractivity contribution in [2.45, 2.75) is 26.1 Å². The largest absolute Gasteiger partial charge is 0.399 e. The van der Waals surface area contributed by atoms with Crippen LogP contribution >= 0.6 is 0 Å². The van der Waals surface area contributed by atoms with E-state index in [1.54, 1.807) is 12.1 Å². The van der Waals surface area contributed by atoms with Gasteiger partial charge in [-0.25, -0.2) is 4.39 Å². The first kappa shape index (κ1) is 11.2. The number of hydrogen-bond donors (Lipinski definition) is 1. The monoisotopic (exact) mass is 224 g/mol. The van der Waals surface area contributed by atoms with Crippen LogP contribution < -0.4 is 10.6 Å². The molecule has 2 rings (SSSR count). The van der Waals surface area contributed by atoms with E-state index in [0.717, 1.165) is 0 Å². The first-order valence-corrected chi connectivity index (χ1v) is 5.51. The fourth-order valence-corrected chi connectivity index (χ4v) is 2.15. The van der Waals surface area contributed by atoms with Crippen LogP contribution in [0.2, 0.25) is 0 Å². The van der Waals surface area contributed by atoms with Gasteiger partial charge in [0, 0.05) is 18.8 Å². The molecule has 1 aliphatic rings. The zero-order valence-electron chi connectivity index (χ0n) is 9.61. The molecule has 0 radical (unpaired) electrons. The number of halogens is 1. The van der Waals surface area contributed by atoms with E-state index in [-0.39, 0.29) is 18.0 Å². The lowest BCUT2D eigenvalue weighted by atomic mass is 10.2. The summed E-state index contributed by atoms with van der Waals surface area (Å²) in [7, 11) is 0. The van der Waals surface area contributed by atoms with Crippen molar-refractivity contribution in [1.82, 2.24) is 0 Å². The highest BCUT2D eigenvalue weighted by Crippen LogP contribution is 2.24. The molecule has 4 heteroatoms. The molecule has 2 atom stereocenters. The van der Waals surface area contributed by atoms with Gasteiger partial charge in [0.2, 0.25) is 0 Å². The third kappa shape index (κ3) is 2.27. The molecule has 0 saturated carbocycles. The van der Waals surface area contributed by atoms with Crippen molar-refractivity contribution < 1.29 is 9.13 Å². The van der Waals surface area contributed by atoms with Crippen LogP contribution in [0.5, 0.6) is 0 Å². The normalized spacial score (nSPS) is 25.8. The van der Waals surface area contributed by atoms with Gasteiger partial charge in [0.1, 0.15) is 5.82 Å². The van der Waals surface area contributed by atoms with Crippen molar-refractivity contribution in [2.75, 3.05) is 23.7 Å². The van der Waals surface area contributed by atoms with Crippen molar-refractivity contribution in [3.63, 3.8) is 0 Å². The van der Waals surface area contributed by atoms with Gasteiger partial charge in [0.15, 0.2) is 0 Å². The Morgan fingerprint density at radius 1 is 1.31 bits per heavy atom. The van der Waals surface area contributed by atoms with E-state index in [0.29, 0.717) is 24.5 Å². The summed E-state index contributed by atoms with van der Waals surface area (Å²) in [6.45, 7) is 5.42. The van der Waals surface area contributed by atoms with Gasteiger partial charge in [-0.1, -0.05) is 0 Å².